The quantitative estimate of drug-likeness (QED) is 0.169. The third-order valence-corrected chi connectivity index (χ3v) is 6.81. The first-order valence-corrected chi connectivity index (χ1v) is 13.1. The third kappa shape index (κ3) is 8.34. The fourth-order valence-electron chi connectivity index (χ4n) is 4.69. The number of allylic oxidation sites excluding steroid dienone is 2. The zero-order chi connectivity index (χ0) is 25.7. The van der Waals surface area contributed by atoms with E-state index in [0.717, 1.165) is 48.3 Å². The van der Waals surface area contributed by atoms with Crippen molar-refractivity contribution in [1.82, 2.24) is 0 Å². The van der Waals surface area contributed by atoms with E-state index < -0.39 is 0 Å². The maximum atomic E-state index is 6.06. The van der Waals surface area contributed by atoms with E-state index in [4.69, 9.17) is 18.9 Å². The van der Waals surface area contributed by atoms with E-state index in [1.165, 1.54) is 16.7 Å². The molecule has 0 aromatic heterocycles. The maximum Gasteiger partial charge on any atom is 0.118 e. The molecule has 0 radical (unpaired) electrons. The van der Waals surface area contributed by atoms with Crippen LogP contribution in [-0.4, -0.2) is 27.4 Å². The Morgan fingerprint density at radius 1 is 0.757 bits per heavy atom. The first-order valence-electron chi connectivity index (χ1n) is 13.1. The highest BCUT2D eigenvalue weighted by Crippen LogP contribution is 2.36. The molecule has 1 aliphatic carbocycles. The molecule has 194 valence electrons. The Hall–Kier alpha value is -3.34. The summed E-state index contributed by atoms with van der Waals surface area (Å²) in [7, 11) is 3.37. The van der Waals surface area contributed by atoms with E-state index in [2.05, 4.69) is 66.7 Å². The average molecular weight is 499 g/mol. The van der Waals surface area contributed by atoms with Crippen molar-refractivity contribution in [2.45, 2.75) is 38.9 Å². The molecule has 4 nitrogen and oxygen atoms in total. The summed E-state index contributed by atoms with van der Waals surface area (Å²) < 4.78 is 22.5. The molecule has 0 saturated heterocycles. The van der Waals surface area contributed by atoms with Gasteiger partial charge < -0.3 is 18.9 Å². The largest absolute Gasteiger partial charge is 0.497 e. The highest BCUT2D eigenvalue weighted by atomic mass is 16.5. The van der Waals surface area contributed by atoms with Gasteiger partial charge in [0.2, 0.25) is 0 Å². The second-order valence-corrected chi connectivity index (χ2v) is 9.32. The van der Waals surface area contributed by atoms with Gasteiger partial charge in [-0.2, -0.15) is 0 Å². The van der Waals surface area contributed by atoms with Crippen molar-refractivity contribution in [1.29, 1.82) is 0 Å². The number of hydrogen-bond donors (Lipinski definition) is 0. The number of ether oxygens (including phenoxy) is 4. The van der Waals surface area contributed by atoms with Gasteiger partial charge in [-0.3, -0.25) is 0 Å². The molecule has 0 saturated carbocycles. The lowest BCUT2D eigenvalue weighted by atomic mass is 9.95. The van der Waals surface area contributed by atoms with Crippen LogP contribution in [0.5, 0.6) is 11.5 Å². The number of methoxy groups -OCH3 is 2. The van der Waals surface area contributed by atoms with Gasteiger partial charge in [0.25, 0.3) is 0 Å². The highest BCUT2D eigenvalue weighted by molar-refractivity contribution is 5.68. The predicted octanol–water partition coefficient (Wildman–Crippen LogP) is 7.64. The standard InChI is InChI=1S/C33H38O4/c1-34-32-16-10-26(11-17-32)24-36-21-6-9-29(20-22-37-25-27-12-18-33(35-2)19-13-27)31-15-14-30(23-31)28-7-4-3-5-8-28/h3-5,7-13,16-19,23,31H,6,14-15,20-22,24-25H2,1-2H3/b29-9+. The van der Waals surface area contributed by atoms with Gasteiger partial charge in [-0.05, 0) is 78.1 Å². The van der Waals surface area contributed by atoms with Gasteiger partial charge in [0.05, 0.1) is 40.6 Å². The van der Waals surface area contributed by atoms with Crippen LogP contribution in [0.4, 0.5) is 0 Å². The fraction of sp³-hybridized carbons (Fsp3) is 0.333. The molecule has 4 rings (SSSR count). The molecule has 0 fully saturated rings. The average Bonchev–Trinajstić information content (AvgIpc) is 3.45. The summed E-state index contributed by atoms with van der Waals surface area (Å²) in [5.41, 5.74) is 6.55. The van der Waals surface area contributed by atoms with Gasteiger partial charge in [-0.1, -0.05) is 72.3 Å². The number of hydrogen-bond acceptors (Lipinski definition) is 4. The lowest BCUT2D eigenvalue weighted by Gasteiger charge is -2.14. The van der Waals surface area contributed by atoms with Crippen LogP contribution in [0.15, 0.2) is 96.6 Å². The minimum Gasteiger partial charge on any atom is -0.497 e. The lowest BCUT2D eigenvalue weighted by molar-refractivity contribution is 0.121. The molecule has 0 aliphatic heterocycles. The molecule has 1 aliphatic rings. The topological polar surface area (TPSA) is 36.9 Å². The Morgan fingerprint density at radius 2 is 1.35 bits per heavy atom. The van der Waals surface area contributed by atoms with E-state index in [1.807, 2.05) is 24.3 Å². The summed E-state index contributed by atoms with van der Waals surface area (Å²) in [6.07, 6.45) is 8.93. The molecule has 1 unspecified atom stereocenters. The van der Waals surface area contributed by atoms with Crippen molar-refractivity contribution in [3.05, 3.63) is 113 Å². The van der Waals surface area contributed by atoms with Gasteiger partial charge in [0.15, 0.2) is 0 Å². The first kappa shape index (κ1) is 26.7. The van der Waals surface area contributed by atoms with Crippen LogP contribution in [0.3, 0.4) is 0 Å². The Balaban J connectivity index is 1.31. The SMILES string of the molecule is COc1ccc(COCC/C=C(\CCOCc2ccc(OC)cc2)C2C=C(c3ccccc3)CC2)cc1. The van der Waals surface area contributed by atoms with E-state index in [9.17, 15) is 0 Å². The van der Waals surface area contributed by atoms with Crippen LogP contribution < -0.4 is 9.47 Å². The Kier molecular flexibility index (Phi) is 10.4. The molecule has 4 heteroatoms. The van der Waals surface area contributed by atoms with E-state index >= 15 is 0 Å². The number of benzene rings is 3. The Morgan fingerprint density at radius 3 is 1.95 bits per heavy atom. The molecule has 37 heavy (non-hydrogen) atoms. The minimum atomic E-state index is 0.460. The van der Waals surface area contributed by atoms with Crippen LogP contribution in [0, 0.1) is 5.92 Å². The summed E-state index contributed by atoms with van der Waals surface area (Å²) in [6, 6.07) is 26.8. The van der Waals surface area contributed by atoms with E-state index in [0.29, 0.717) is 32.3 Å². The van der Waals surface area contributed by atoms with Gasteiger partial charge in [-0.25, -0.2) is 0 Å². The molecular weight excluding hydrogens is 460 g/mol. The molecule has 3 aromatic carbocycles. The van der Waals surface area contributed by atoms with Crippen molar-refractivity contribution in [2.75, 3.05) is 27.4 Å². The van der Waals surface area contributed by atoms with Crippen LogP contribution in [0.25, 0.3) is 5.57 Å². The molecule has 0 heterocycles. The van der Waals surface area contributed by atoms with E-state index in [-0.39, 0.29) is 0 Å². The van der Waals surface area contributed by atoms with Crippen molar-refractivity contribution in [3.63, 3.8) is 0 Å². The lowest BCUT2D eigenvalue weighted by Crippen LogP contribution is -2.04. The van der Waals surface area contributed by atoms with Crippen molar-refractivity contribution in [2.24, 2.45) is 5.92 Å². The summed E-state index contributed by atoms with van der Waals surface area (Å²) >= 11 is 0. The highest BCUT2D eigenvalue weighted by Gasteiger charge is 2.20. The summed E-state index contributed by atoms with van der Waals surface area (Å²) in [5, 5.41) is 0. The fourth-order valence-corrected chi connectivity index (χ4v) is 4.69. The first-order chi connectivity index (χ1) is 18.2. The van der Waals surface area contributed by atoms with Crippen molar-refractivity contribution >= 4 is 5.57 Å². The summed E-state index contributed by atoms with van der Waals surface area (Å²) in [6.45, 7) is 2.62. The van der Waals surface area contributed by atoms with Crippen LogP contribution in [-0.2, 0) is 22.7 Å². The van der Waals surface area contributed by atoms with Crippen molar-refractivity contribution in [3.8, 4) is 11.5 Å². The summed E-state index contributed by atoms with van der Waals surface area (Å²) in [5.74, 6) is 2.19. The normalized spacial score (nSPS) is 15.5. The zero-order valence-corrected chi connectivity index (χ0v) is 22.0. The van der Waals surface area contributed by atoms with Crippen LogP contribution in [0.1, 0.15) is 42.4 Å². The molecular formula is C33H38O4. The Labute approximate surface area is 221 Å². The molecule has 1 atom stereocenters. The number of rotatable bonds is 14. The molecule has 3 aromatic rings. The molecule has 0 bridgehead atoms. The smallest absolute Gasteiger partial charge is 0.118 e. The molecule has 0 amide bonds. The molecule has 0 N–H and O–H groups in total. The second kappa shape index (κ2) is 14.4. The zero-order valence-electron chi connectivity index (χ0n) is 22.0. The van der Waals surface area contributed by atoms with Crippen LogP contribution in [0.2, 0.25) is 0 Å². The van der Waals surface area contributed by atoms with Crippen molar-refractivity contribution < 1.29 is 18.9 Å². The van der Waals surface area contributed by atoms with Gasteiger partial charge in [-0.15, -0.1) is 0 Å². The van der Waals surface area contributed by atoms with Gasteiger partial charge >= 0.3 is 0 Å². The van der Waals surface area contributed by atoms with Crippen LogP contribution >= 0.6 is 0 Å². The van der Waals surface area contributed by atoms with Gasteiger partial charge in [0, 0.05) is 0 Å². The minimum absolute atomic E-state index is 0.460. The maximum absolute atomic E-state index is 6.06. The monoisotopic (exact) mass is 498 g/mol. The van der Waals surface area contributed by atoms with Gasteiger partial charge in [0.1, 0.15) is 11.5 Å². The third-order valence-electron chi connectivity index (χ3n) is 6.81. The predicted molar refractivity (Wildman–Crippen MR) is 150 cm³/mol. The van der Waals surface area contributed by atoms with E-state index in [1.54, 1.807) is 14.2 Å². The Bertz CT molecular complexity index is 1130. The summed E-state index contributed by atoms with van der Waals surface area (Å²) in [4.78, 5) is 0. The second-order valence-electron chi connectivity index (χ2n) is 9.32. The molecule has 0 spiro atoms.